The number of hydrogen-bond donors (Lipinski definition) is 2. The van der Waals surface area contributed by atoms with E-state index in [0.717, 1.165) is 11.1 Å². The van der Waals surface area contributed by atoms with Crippen molar-refractivity contribution in [1.29, 1.82) is 0 Å². The van der Waals surface area contributed by atoms with Crippen LogP contribution in [0.2, 0.25) is 5.02 Å². The van der Waals surface area contributed by atoms with Crippen LogP contribution in [-0.2, 0) is 9.59 Å². The number of amides is 4. The summed E-state index contributed by atoms with van der Waals surface area (Å²) in [7, 11) is 0. The molecule has 0 saturated carbocycles. The topological polar surface area (TPSA) is 81.8 Å². The summed E-state index contributed by atoms with van der Waals surface area (Å²) < 4.78 is 13.9. The number of carbonyl (C=O) groups is 3. The third-order valence-corrected chi connectivity index (χ3v) is 6.99. The molecule has 1 fully saturated rings. The molecule has 2 N–H and O–H groups in total. The van der Waals surface area contributed by atoms with Crippen LogP contribution < -0.4 is 15.6 Å². The molecule has 0 radical (unpaired) electrons. The van der Waals surface area contributed by atoms with Crippen molar-refractivity contribution < 1.29 is 18.8 Å². The normalized spacial score (nSPS) is 19.5. The number of carbonyl (C=O) groups excluding carboxylic acids is 3. The van der Waals surface area contributed by atoms with Crippen LogP contribution in [0.15, 0.2) is 78.9 Å². The third-order valence-electron chi connectivity index (χ3n) is 6.75. The molecule has 3 aromatic carbocycles. The molecule has 3 atom stereocenters. The fraction of sp³-hybridized carbons (Fsp3) is 0.323. The van der Waals surface area contributed by atoms with Crippen molar-refractivity contribution in [2.24, 2.45) is 0 Å². The van der Waals surface area contributed by atoms with Crippen molar-refractivity contribution in [3.63, 3.8) is 0 Å². The number of urea groups is 1. The molecule has 0 aromatic heterocycles. The minimum absolute atomic E-state index is 0.230. The molecule has 0 bridgehead atoms. The molecule has 0 spiro atoms. The number of rotatable bonds is 5. The van der Waals surface area contributed by atoms with Gasteiger partial charge in [0.15, 0.2) is 0 Å². The van der Waals surface area contributed by atoms with Crippen molar-refractivity contribution >= 4 is 35.1 Å². The van der Waals surface area contributed by atoms with Crippen molar-refractivity contribution in [3.8, 4) is 0 Å². The zero-order valence-corrected chi connectivity index (χ0v) is 23.8. The summed E-state index contributed by atoms with van der Waals surface area (Å²) in [5.41, 5.74) is 4.23. The van der Waals surface area contributed by atoms with E-state index >= 15 is 0 Å². The molecule has 1 aliphatic heterocycles. The minimum Gasteiger partial charge on any atom is -0.333 e. The van der Waals surface area contributed by atoms with E-state index in [1.165, 1.54) is 29.0 Å². The summed E-state index contributed by atoms with van der Waals surface area (Å²) in [6.07, 6.45) is 0.663. The van der Waals surface area contributed by atoms with Crippen molar-refractivity contribution in [2.45, 2.75) is 64.1 Å². The molecule has 3 unspecified atom stereocenters. The zero-order valence-electron chi connectivity index (χ0n) is 23.0. The Labute approximate surface area is 239 Å². The van der Waals surface area contributed by atoms with Crippen LogP contribution in [0, 0.1) is 5.82 Å². The van der Waals surface area contributed by atoms with Gasteiger partial charge in [0.1, 0.15) is 11.9 Å². The van der Waals surface area contributed by atoms with Gasteiger partial charge in [-0.3, -0.25) is 19.9 Å². The van der Waals surface area contributed by atoms with E-state index in [4.69, 9.17) is 11.6 Å². The average Bonchev–Trinajstić information content (AvgIpc) is 3.01. The first kappa shape index (κ1) is 29.1. The molecule has 40 heavy (non-hydrogen) atoms. The van der Waals surface area contributed by atoms with Gasteiger partial charge in [-0.05, 0) is 81.0 Å². The van der Waals surface area contributed by atoms with Gasteiger partial charge >= 0.3 is 6.03 Å². The maximum Gasteiger partial charge on any atom is 0.323 e. The number of halogens is 2. The van der Waals surface area contributed by atoms with Crippen molar-refractivity contribution in [1.82, 2.24) is 15.8 Å². The lowest BCUT2D eigenvalue weighted by Crippen LogP contribution is -2.59. The van der Waals surface area contributed by atoms with E-state index in [-0.39, 0.29) is 18.2 Å². The van der Waals surface area contributed by atoms with Gasteiger partial charge in [-0.2, -0.15) is 0 Å². The first-order chi connectivity index (χ1) is 18.9. The molecule has 1 saturated heterocycles. The molecule has 1 heterocycles. The van der Waals surface area contributed by atoms with Gasteiger partial charge in [0.2, 0.25) is 5.91 Å². The number of nitrogens with zero attached hydrogens (tertiary/aromatic N) is 2. The molecule has 9 heteroatoms. The number of nitrogens with one attached hydrogen (secondary N) is 2. The summed E-state index contributed by atoms with van der Waals surface area (Å²) in [6.45, 7) is 6.90. The van der Waals surface area contributed by atoms with E-state index in [9.17, 15) is 18.8 Å². The highest BCUT2D eigenvalue weighted by Crippen LogP contribution is 2.40. The van der Waals surface area contributed by atoms with E-state index < -0.39 is 35.5 Å². The predicted molar refractivity (Wildman–Crippen MR) is 154 cm³/mol. The van der Waals surface area contributed by atoms with Crippen LogP contribution in [0.5, 0.6) is 0 Å². The Kier molecular flexibility index (Phi) is 8.79. The SMILES string of the molecule is CC(=O)NN1C(=O)C(N(C(=O)NC(C)(C)C)c2cccc(Cl)c2)CC(c2ccc(F)cc2)CC1c1ccccc1. The maximum absolute atomic E-state index is 14.5. The second kappa shape index (κ2) is 12.1. The molecule has 0 aliphatic carbocycles. The molecular formula is C31H34ClFN4O3. The Morgan fingerprint density at radius 3 is 2.23 bits per heavy atom. The average molecular weight is 565 g/mol. The van der Waals surface area contributed by atoms with Crippen LogP contribution in [0.1, 0.15) is 63.6 Å². The maximum atomic E-state index is 14.5. The summed E-state index contributed by atoms with van der Waals surface area (Å²) >= 11 is 6.33. The quantitative estimate of drug-likeness (QED) is 0.378. The van der Waals surface area contributed by atoms with E-state index in [0.29, 0.717) is 17.1 Å². The highest BCUT2D eigenvalue weighted by atomic mass is 35.5. The zero-order chi connectivity index (χ0) is 29.0. The van der Waals surface area contributed by atoms with Gasteiger partial charge in [-0.1, -0.05) is 60.1 Å². The van der Waals surface area contributed by atoms with Crippen LogP contribution in [0.4, 0.5) is 14.9 Å². The lowest BCUT2D eigenvalue weighted by Gasteiger charge is -2.37. The Morgan fingerprint density at radius 1 is 0.950 bits per heavy atom. The van der Waals surface area contributed by atoms with E-state index in [2.05, 4.69) is 10.7 Å². The number of anilines is 1. The largest absolute Gasteiger partial charge is 0.333 e. The standard InChI is InChI=1S/C31H34ClFN4O3/c1-20(38)35-37-27(22-9-6-5-7-10-22)17-23(21-13-15-25(33)16-14-21)18-28(29(37)39)36(30(40)34-31(2,3)4)26-12-8-11-24(32)19-26/h5-16,19,23,27-28H,17-18H2,1-4H3,(H,34,40)(H,35,38). The van der Waals surface area contributed by atoms with Gasteiger partial charge in [-0.25, -0.2) is 14.2 Å². The fourth-order valence-corrected chi connectivity index (χ4v) is 5.27. The van der Waals surface area contributed by atoms with Crippen LogP contribution in [0.25, 0.3) is 0 Å². The second-order valence-electron chi connectivity index (χ2n) is 11.1. The molecule has 7 nitrogen and oxygen atoms in total. The molecule has 4 amide bonds. The smallest absolute Gasteiger partial charge is 0.323 e. The predicted octanol–water partition coefficient (Wildman–Crippen LogP) is 6.36. The summed E-state index contributed by atoms with van der Waals surface area (Å²) in [5.74, 6) is -1.49. The molecule has 4 rings (SSSR count). The highest BCUT2D eigenvalue weighted by Gasteiger charge is 2.44. The minimum atomic E-state index is -1.02. The molecular weight excluding hydrogens is 531 g/mol. The van der Waals surface area contributed by atoms with Crippen LogP contribution in [0.3, 0.4) is 0 Å². The van der Waals surface area contributed by atoms with Crippen LogP contribution >= 0.6 is 11.6 Å². The third kappa shape index (κ3) is 6.99. The number of benzene rings is 3. The van der Waals surface area contributed by atoms with Gasteiger partial charge < -0.3 is 5.32 Å². The molecule has 3 aromatic rings. The summed E-state index contributed by atoms with van der Waals surface area (Å²) in [5, 5.41) is 4.72. The Bertz CT molecular complexity index is 1360. The Hall–Kier alpha value is -3.91. The van der Waals surface area contributed by atoms with E-state index in [1.54, 1.807) is 36.4 Å². The first-order valence-corrected chi connectivity index (χ1v) is 13.6. The first-order valence-electron chi connectivity index (χ1n) is 13.2. The highest BCUT2D eigenvalue weighted by molar-refractivity contribution is 6.31. The lowest BCUT2D eigenvalue weighted by atomic mass is 9.86. The Balaban J connectivity index is 1.90. The monoisotopic (exact) mass is 564 g/mol. The lowest BCUT2D eigenvalue weighted by molar-refractivity contribution is -0.144. The Morgan fingerprint density at radius 2 is 1.62 bits per heavy atom. The van der Waals surface area contributed by atoms with Gasteiger partial charge in [0.25, 0.3) is 5.91 Å². The van der Waals surface area contributed by atoms with Crippen LogP contribution in [-0.4, -0.2) is 34.4 Å². The summed E-state index contributed by atoms with van der Waals surface area (Å²) in [4.78, 5) is 42.1. The van der Waals surface area contributed by atoms with Crippen molar-refractivity contribution in [2.75, 3.05) is 4.90 Å². The van der Waals surface area contributed by atoms with Gasteiger partial charge in [0, 0.05) is 23.2 Å². The van der Waals surface area contributed by atoms with Crippen molar-refractivity contribution in [3.05, 3.63) is 101 Å². The van der Waals surface area contributed by atoms with E-state index in [1.807, 2.05) is 51.1 Å². The van der Waals surface area contributed by atoms with Gasteiger partial charge in [-0.15, -0.1) is 0 Å². The molecule has 210 valence electrons. The second-order valence-corrected chi connectivity index (χ2v) is 11.5. The summed E-state index contributed by atoms with van der Waals surface area (Å²) in [6, 6.07) is 20.3. The fourth-order valence-electron chi connectivity index (χ4n) is 5.09. The number of hydrogen-bond acceptors (Lipinski definition) is 3. The number of hydrazine groups is 1. The van der Waals surface area contributed by atoms with Gasteiger partial charge in [0.05, 0.1) is 6.04 Å². The molecule has 1 aliphatic rings.